The summed E-state index contributed by atoms with van der Waals surface area (Å²) in [6, 6.07) is 4.11. The van der Waals surface area contributed by atoms with E-state index in [1.165, 1.54) is 17.1 Å². The fourth-order valence-corrected chi connectivity index (χ4v) is 1.77. The molecule has 1 N–H and O–H groups in total. The van der Waals surface area contributed by atoms with Gasteiger partial charge < -0.3 is 5.32 Å². The molecule has 0 aliphatic carbocycles. The molecule has 0 atom stereocenters. The molecule has 0 spiro atoms. The topological polar surface area (TPSA) is 24.9 Å². The van der Waals surface area contributed by atoms with E-state index in [2.05, 4.69) is 23.3 Å². The van der Waals surface area contributed by atoms with Gasteiger partial charge in [0.1, 0.15) is 0 Å². The van der Waals surface area contributed by atoms with Crippen molar-refractivity contribution in [3.05, 3.63) is 30.1 Å². The van der Waals surface area contributed by atoms with Gasteiger partial charge in [0.2, 0.25) is 0 Å². The van der Waals surface area contributed by atoms with E-state index in [4.69, 9.17) is 0 Å². The lowest BCUT2D eigenvalue weighted by molar-refractivity contribution is 0.720. The SMILES string of the molecule is CCSCCNCCc1cccnc1. The van der Waals surface area contributed by atoms with E-state index in [-0.39, 0.29) is 0 Å². The Morgan fingerprint density at radius 3 is 3.07 bits per heavy atom. The van der Waals surface area contributed by atoms with E-state index in [0.29, 0.717) is 0 Å². The van der Waals surface area contributed by atoms with Crippen LogP contribution in [0, 0.1) is 0 Å². The minimum atomic E-state index is 1.05. The highest BCUT2D eigenvalue weighted by molar-refractivity contribution is 7.99. The molecular weight excluding hydrogens is 192 g/mol. The number of thioether (sulfide) groups is 1. The Hall–Kier alpha value is -0.540. The summed E-state index contributed by atoms with van der Waals surface area (Å²) < 4.78 is 0. The van der Waals surface area contributed by atoms with Crippen molar-refractivity contribution in [3.8, 4) is 0 Å². The van der Waals surface area contributed by atoms with Gasteiger partial charge in [0.25, 0.3) is 0 Å². The van der Waals surface area contributed by atoms with Crippen molar-refractivity contribution >= 4 is 11.8 Å². The zero-order chi connectivity index (χ0) is 10.1. The fraction of sp³-hybridized carbons (Fsp3) is 0.545. The maximum Gasteiger partial charge on any atom is 0.0300 e. The second-order valence-electron chi connectivity index (χ2n) is 3.06. The number of nitrogens with zero attached hydrogens (tertiary/aromatic N) is 1. The van der Waals surface area contributed by atoms with Crippen molar-refractivity contribution in [1.82, 2.24) is 10.3 Å². The smallest absolute Gasteiger partial charge is 0.0300 e. The molecule has 3 heteroatoms. The normalized spacial score (nSPS) is 10.4. The minimum Gasteiger partial charge on any atom is -0.316 e. The average molecular weight is 210 g/mol. The fourth-order valence-electron chi connectivity index (χ4n) is 1.19. The predicted molar refractivity (Wildman–Crippen MR) is 63.8 cm³/mol. The van der Waals surface area contributed by atoms with Gasteiger partial charge in [-0.1, -0.05) is 13.0 Å². The molecule has 1 heterocycles. The number of rotatable bonds is 7. The van der Waals surface area contributed by atoms with E-state index in [1.807, 2.05) is 30.2 Å². The largest absolute Gasteiger partial charge is 0.316 e. The summed E-state index contributed by atoms with van der Waals surface area (Å²) in [6.07, 6.45) is 4.82. The molecule has 0 aliphatic heterocycles. The van der Waals surface area contributed by atoms with Crippen LogP contribution >= 0.6 is 11.8 Å². The summed E-state index contributed by atoms with van der Waals surface area (Å²) in [6.45, 7) is 4.36. The van der Waals surface area contributed by atoms with Crippen LogP contribution < -0.4 is 5.32 Å². The van der Waals surface area contributed by atoms with Crippen LogP contribution in [0.15, 0.2) is 24.5 Å². The molecule has 0 aromatic carbocycles. The molecule has 0 saturated carbocycles. The molecule has 78 valence electrons. The summed E-state index contributed by atoms with van der Waals surface area (Å²) in [5.41, 5.74) is 1.31. The van der Waals surface area contributed by atoms with Crippen LogP contribution in [0.3, 0.4) is 0 Å². The van der Waals surface area contributed by atoms with Gasteiger partial charge in [0.05, 0.1) is 0 Å². The van der Waals surface area contributed by atoms with Crippen molar-refractivity contribution in [2.24, 2.45) is 0 Å². The highest BCUT2D eigenvalue weighted by Crippen LogP contribution is 1.97. The number of hydrogen-bond acceptors (Lipinski definition) is 3. The van der Waals surface area contributed by atoms with Crippen molar-refractivity contribution in [1.29, 1.82) is 0 Å². The third-order valence-corrected chi connectivity index (χ3v) is 2.84. The molecule has 0 bridgehead atoms. The molecule has 0 saturated heterocycles. The molecule has 0 aliphatic rings. The van der Waals surface area contributed by atoms with Gasteiger partial charge in [-0.15, -0.1) is 0 Å². The van der Waals surface area contributed by atoms with E-state index in [0.717, 1.165) is 19.5 Å². The summed E-state index contributed by atoms with van der Waals surface area (Å²) in [4.78, 5) is 4.08. The Balaban J connectivity index is 1.99. The summed E-state index contributed by atoms with van der Waals surface area (Å²) >= 11 is 1.98. The maximum absolute atomic E-state index is 4.08. The zero-order valence-electron chi connectivity index (χ0n) is 8.70. The third kappa shape index (κ3) is 5.25. The van der Waals surface area contributed by atoms with Gasteiger partial charge >= 0.3 is 0 Å². The predicted octanol–water partition coefficient (Wildman–Crippen LogP) is 1.97. The van der Waals surface area contributed by atoms with Crippen molar-refractivity contribution in [2.45, 2.75) is 13.3 Å². The summed E-state index contributed by atoms with van der Waals surface area (Å²) in [7, 11) is 0. The second kappa shape index (κ2) is 7.83. The second-order valence-corrected chi connectivity index (χ2v) is 4.45. The first-order valence-corrected chi connectivity index (χ1v) is 6.26. The van der Waals surface area contributed by atoms with Gasteiger partial charge in [-0.3, -0.25) is 4.98 Å². The standard InChI is InChI=1S/C11H18N2S/c1-2-14-9-8-12-7-5-11-4-3-6-13-10-11/h3-4,6,10,12H,2,5,7-9H2,1H3. The Morgan fingerprint density at radius 1 is 1.43 bits per heavy atom. The first-order valence-electron chi connectivity index (χ1n) is 5.11. The lowest BCUT2D eigenvalue weighted by Crippen LogP contribution is -2.20. The zero-order valence-corrected chi connectivity index (χ0v) is 9.52. The third-order valence-electron chi connectivity index (χ3n) is 1.94. The molecule has 1 aromatic heterocycles. The van der Waals surface area contributed by atoms with Gasteiger partial charge in [-0.25, -0.2) is 0 Å². The van der Waals surface area contributed by atoms with Crippen LogP contribution in [0.5, 0.6) is 0 Å². The van der Waals surface area contributed by atoms with Gasteiger partial charge in [0.15, 0.2) is 0 Å². The highest BCUT2D eigenvalue weighted by Gasteiger charge is 1.91. The van der Waals surface area contributed by atoms with Gasteiger partial charge in [-0.05, 0) is 30.3 Å². The van der Waals surface area contributed by atoms with Crippen LogP contribution in [0.2, 0.25) is 0 Å². The van der Waals surface area contributed by atoms with Gasteiger partial charge in [0, 0.05) is 24.7 Å². The van der Waals surface area contributed by atoms with E-state index >= 15 is 0 Å². The van der Waals surface area contributed by atoms with E-state index in [1.54, 1.807) is 0 Å². The van der Waals surface area contributed by atoms with Gasteiger partial charge in [-0.2, -0.15) is 11.8 Å². The molecule has 0 radical (unpaired) electrons. The van der Waals surface area contributed by atoms with Crippen LogP contribution in [-0.2, 0) is 6.42 Å². The number of aromatic nitrogens is 1. The molecular formula is C11H18N2S. The quantitative estimate of drug-likeness (QED) is 0.696. The van der Waals surface area contributed by atoms with Crippen molar-refractivity contribution in [2.75, 3.05) is 24.6 Å². The monoisotopic (exact) mass is 210 g/mol. The average Bonchev–Trinajstić information content (AvgIpc) is 2.25. The molecule has 0 fully saturated rings. The number of hydrogen-bond donors (Lipinski definition) is 1. The van der Waals surface area contributed by atoms with E-state index in [9.17, 15) is 0 Å². The summed E-state index contributed by atoms with van der Waals surface area (Å²) in [5.74, 6) is 2.42. The Morgan fingerprint density at radius 2 is 2.36 bits per heavy atom. The Bertz CT molecular complexity index is 226. The van der Waals surface area contributed by atoms with Crippen molar-refractivity contribution < 1.29 is 0 Å². The van der Waals surface area contributed by atoms with E-state index < -0.39 is 0 Å². The minimum absolute atomic E-state index is 1.05. The Labute approximate surface area is 90.5 Å². The number of nitrogens with one attached hydrogen (secondary N) is 1. The first kappa shape index (κ1) is 11.5. The lowest BCUT2D eigenvalue weighted by Gasteiger charge is -2.03. The first-order chi connectivity index (χ1) is 6.93. The molecule has 1 aromatic rings. The van der Waals surface area contributed by atoms with Crippen LogP contribution in [0.4, 0.5) is 0 Å². The molecule has 14 heavy (non-hydrogen) atoms. The maximum atomic E-state index is 4.08. The van der Waals surface area contributed by atoms with Crippen molar-refractivity contribution in [3.63, 3.8) is 0 Å². The Kier molecular flexibility index (Phi) is 6.45. The van der Waals surface area contributed by atoms with Crippen LogP contribution in [0.25, 0.3) is 0 Å². The summed E-state index contributed by atoms with van der Waals surface area (Å²) in [5, 5.41) is 3.42. The molecule has 0 amide bonds. The molecule has 2 nitrogen and oxygen atoms in total. The number of pyridine rings is 1. The van der Waals surface area contributed by atoms with Crippen LogP contribution in [0.1, 0.15) is 12.5 Å². The lowest BCUT2D eigenvalue weighted by atomic mass is 10.2. The van der Waals surface area contributed by atoms with Crippen LogP contribution in [-0.4, -0.2) is 29.6 Å². The molecule has 0 unspecified atom stereocenters. The highest BCUT2D eigenvalue weighted by atomic mass is 32.2. The molecule has 1 rings (SSSR count).